The molecule has 0 radical (unpaired) electrons. The number of aryl methyl sites for hydroxylation is 1. The lowest BCUT2D eigenvalue weighted by molar-refractivity contribution is -0.117. The van der Waals surface area contributed by atoms with Gasteiger partial charge in [-0.1, -0.05) is 11.6 Å². The molecule has 1 fully saturated rings. The lowest BCUT2D eigenvalue weighted by Gasteiger charge is -2.03. The van der Waals surface area contributed by atoms with Crippen molar-refractivity contribution < 1.29 is 4.79 Å². The molecule has 1 aromatic rings. The van der Waals surface area contributed by atoms with Gasteiger partial charge in [-0.05, 0) is 25.8 Å². The number of hydrogen-bond donors (Lipinski definition) is 1. The molecule has 1 N–H and O–H groups in total. The summed E-state index contributed by atoms with van der Waals surface area (Å²) >= 11 is 5.73. The van der Waals surface area contributed by atoms with E-state index in [2.05, 4.69) is 15.3 Å². The third-order valence-corrected chi connectivity index (χ3v) is 2.20. The molecule has 0 unspecified atom stereocenters. The maximum Gasteiger partial charge on any atom is 0.231 e. The Morgan fingerprint density at radius 3 is 2.86 bits per heavy atom. The number of halogens is 1. The van der Waals surface area contributed by atoms with Gasteiger partial charge in [0.25, 0.3) is 0 Å². The Kier molecular flexibility index (Phi) is 2.37. The van der Waals surface area contributed by atoms with Gasteiger partial charge >= 0.3 is 0 Å². The lowest BCUT2D eigenvalue weighted by atomic mass is 10.4. The fourth-order valence-corrected chi connectivity index (χ4v) is 1.38. The van der Waals surface area contributed by atoms with E-state index in [1.807, 2.05) is 0 Å². The van der Waals surface area contributed by atoms with Gasteiger partial charge in [0.1, 0.15) is 5.15 Å². The van der Waals surface area contributed by atoms with E-state index in [-0.39, 0.29) is 11.8 Å². The highest BCUT2D eigenvalue weighted by atomic mass is 35.5. The molecule has 0 saturated heterocycles. The van der Waals surface area contributed by atoms with Crippen LogP contribution in [0.4, 0.5) is 5.95 Å². The Labute approximate surface area is 86.7 Å². The first-order valence-electron chi connectivity index (χ1n) is 4.47. The second kappa shape index (κ2) is 3.53. The Morgan fingerprint density at radius 1 is 1.57 bits per heavy atom. The minimum absolute atomic E-state index is 0.00772. The highest BCUT2D eigenvalue weighted by Crippen LogP contribution is 2.29. The van der Waals surface area contributed by atoms with Crippen LogP contribution in [-0.2, 0) is 4.79 Å². The van der Waals surface area contributed by atoms with E-state index in [1.165, 1.54) is 0 Å². The summed E-state index contributed by atoms with van der Waals surface area (Å²) in [5, 5.41) is 2.99. The largest absolute Gasteiger partial charge is 0.294 e. The first kappa shape index (κ1) is 9.40. The molecule has 14 heavy (non-hydrogen) atoms. The van der Waals surface area contributed by atoms with E-state index in [0.29, 0.717) is 11.1 Å². The van der Waals surface area contributed by atoms with Crippen molar-refractivity contribution in [2.24, 2.45) is 5.92 Å². The fourth-order valence-electron chi connectivity index (χ4n) is 1.14. The summed E-state index contributed by atoms with van der Waals surface area (Å²) in [7, 11) is 0. The topological polar surface area (TPSA) is 54.9 Å². The van der Waals surface area contributed by atoms with Crippen LogP contribution in [0.3, 0.4) is 0 Å². The predicted octanol–water partition coefficient (Wildman–Crippen LogP) is 1.79. The molecular weight excluding hydrogens is 202 g/mol. The lowest BCUT2D eigenvalue weighted by Crippen LogP contribution is -2.15. The van der Waals surface area contributed by atoms with Crippen LogP contribution in [0.1, 0.15) is 18.5 Å². The van der Waals surface area contributed by atoms with E-state index in [4.69, 9.17) is 11.6 Å². The van der Waals surface area contributed by atoms with Gasteiger partial charge in [0.2, 0.25) is 11.9 Å². The van der Waals surface area contributed by atoms with Crippen LogP contribution >= 0.6 is 11.6 Å². The molecule has 1 amide bonds. The average Bonchev–Trinajstić information content (AvgIpc) is 2.82. The minimum Gasteiger partial charge on any atom is -0.294 e. The molecule has 5 heteroatoms. The number of aromatic nitrogens is 2. The van der Waals surface area contributed by atoms with Gasteiger partial charge in [0.15, 0.2) is 0 Å². The number of nitrogens with zero attached hydrogens (tertiary/aromatic N) is 2. The quantitative estimate of drug-likeness (QED) is 0.759. The molecule has 0 atom stereocenters. The first-order chi connectivity index (χ1) is 6.65. The molecule has 0 bridgehead atoms. The summed E-state index contributed by atoms with van der Waals surface area (Å²) in [6, 6.07) is 1.65. The average molecular weight is 212 g/mol. The Hall–Kier alpha value is -1.16. The molecule has 2 rings (SSSR count). The first-order valence-corrected chi connectivity index (χ1v) is 4.85. The molecule has 0 spiro atoms. The van der Waals surface area contributed by atoms with Gasteiger partial charge < -0.3 is 0 Å². The monoisotopic (exact) mass is 211 g/mol. The van der Waals surface area contributed by atoms with Crippen molar-refractivity contribution in [1.82, 2.24) is 9.97 Å². The molecule has 1 aliphatic carbocycles. The van der Waals surface area contributed by atoms with E-state index in [1.54, 1.807) is 13.0 Å². The zero-order valence-electron chi connectivity index (χ0n) is 7.75. The van der Waals surface area contributed by atoms with Gasteiger partial charge in [-0.3, -0.25) is 10.1 Å². The predicted molar refractivity (Wildman–Crippen MR) is 53.1 cm³/mol. The molecular formula is C9H10ClN3O. The molecule has 0 aliphatic heterocycles. The number of nitrogens with one attached hydrogen (secondary N) is 1. The summed E-state index contributed by atoms with van der Waals surface area (Å²) in [6.07, 6.45) is 1.93. The molecule has 1 saturated carbocycles. The second-order valence-electron chi connectivity index (χ2n) is 3.42. The van der Waals surface area contributed by atoms with Gasteiger partial charge in [-0.15, -0.1) is 0 Å². The van der Waals surface area contributed by atoms with Crippen molar-refractivity contribution in [1.29, 1.82) is 0 Å². The summed E-state index contributed by atoms with van der Waals surface area (Å²) in [4.78, 5) is 19.3. The number of carbonyl (C=O) groups excluding carboxylic acids is 1. The van der Waals surface area contributed by atoms with Crippen LogP contribution in [0, 0.1) is 12.8 Å². The summed E-state index contributed by atoms with van der Waals surface area (Å²) in [5.74, 6) is 0.441. The molecule has 1 aliphatic rings. The Morgan fingerprint density at radius 2 is 2.29 bits per heavy atom. The third kappa shape index (κ3) is 2.20. The highest BCUT2D eigenvalue weighted by Gasteiger charge is 2.30. The normalized spacial score (nSPS) is 15.3. The maximum absolute atomic E-state index is 11.4. The van der Waals surface area contributed by atoms with Gasteiger partial charge in [0, 0.05) is 11.6 Å². The summed E-state index contributed by atoms with van der Waals surface area (Å²) in [6.45, 7) is 1.81. The van der Waals surface area contributed by atoms with Gasteiger partial charge in [0.05, 0.1) is 0 Å². The van der Waals surface area contributed by atoms with E-state index < -0.39 is 0 Å². The molecule has 1 aromatic heterocycles. The van der Waals surface area contributed by atoms with Crippen LogP contribution in [0.15, 0.2) is 6.07 Å². The number of carbonyl (C=O) groups is 1. The maximum atomic E-state index is 11.4. The van der Waals surface area contributed by atoms with Crippen molar-refractivity contribution in [2.75, 3.05) is 5.32 Å². The van der Waals surface area contributed by atoms with Crippen molar-refractivity contribution in [3.63, 3.8) is 0 Å². The Balaban J connectivity index is 2.11. The highest BCUT2D eigenvalue weighted by molar-refractivity contribution is 6.29. The summed E-state index contributed by atoms with van der Waals surface area (Å²) < 4.78 is 0. The SMILES string of the molecule is Cc1cc(Cl)nc(NC(=O)C2CC2)n1. The van der Waals surface area contributed by atoms with Crippen molar-refractivity contribution in [2.45, 2.75) is 19.8 Å². The van der Waals surface area contributed by atoms with E-state index in [0.717, 1.165) is 18.5 Å². The third-order valence-electron chi connectivity index (χ3n) is 2.01. The van der Waals surface area contributed by atoms with Crippen molar-refractivity contribution in [3.8, 4) is 0 Å². The van der Waals surface area contributed by atoms with Crippen LogP contribution in [-0.4, -0.2) is 15.9 Å². The number of anilines is 1. The van der Waals surface area contributed by atoms with E-state index in [9.17, 15) is 4.79 Å². The molecule has 1 heterocycles. The van der Waals surface area contributed by atoms with Crippen molar-refractivity contribution >= 4 is 23.5 Å². The summed E-state index contributed by atoms with van der Waals surface area (Å²) in [5.41, 5.74) is 0.746. The number of amides is 1. The van der Waals surface area contributed by atoms with Crippen LogP contribution in [0.2, 0.25) is 5.15 Å². The zero-order valence-corrected chi connectivity index (χ0v) is 8.51. The van der Waals surface area contributed by atoms with Crippen LogP contribution < -0.4 is 5.32 Å². The van der Waals surface area contributed by atoms with Crippen LogP contribution in [0.5, 0.6) is 0 Å². The second-order valence-corrected chi connectivity index (χ2v) is 3.81. The number of rotatable bonds is 2. The fraction of sp³-hybridized carbons (Fsp3) is 0.444. The molecule has 74 valence electrons. The standard InChI is InChI=1S/C9H10ClN3O/c1-5-4-7(10)12-9(11-5)13-8(14)6-2-3-6/h4,6H,2-3H2,1H3,(H,11,12,13,14). The van der Waals surface area contributed by atoms with Gasteiger partial charge in [-0.25, -0.2) is 9.97 Å². The number of hydrogen-bond acceptors (Lipinski definition) is 3. The van der Waals surface area contributed by atoms with Crippen LogP contribution in [0.25, 0.3) is 0 Å². The van der Waals surface area contributed by atoms with Crippen molar-refractivity contribution in [3.05, 3.63) is 16.9 Å². The van der Waals surface area contributed by atoms with Gasteiger partial charge in [-0.2, -0.15) is 0 Å². The van der Waals surface area contributed by atoms with E-state index >= 15 is 0 Å². The smallest absolute Gasteiger partial charge is 0.231 e. The Bertz CT molecular complexity index is 356. The molecule has 4 nitrogen and oxygen atoms in total. The zero-order chi connectivity index (χ0) is 10.1. The molecule has 0 aromatic carbocycles. The minimum atomic E-state index is -0.00772.